The SMILES string of the molecule is C(=N\N(c1ccccc1)c1ccc[nH]1)/c1ccc2c(c1)c1ccccc1n2CCCCCCCCCCn1c2ccccc2c2cc(/C=N/N(c3ccccc3)c3ccc[nH]3)ccc21. The number of H-pyrrole nitrogens is 2. The molecule has 0 saturated carbocycles. The lowest BCUT2D eigenvalue weighted by atomic mass is 10.1. The molecule has 4 aromatic heterocycles. The van der Waals surface area contributed by atoms with Crippen molar-refractivity contribution in [2.24, 2.45) is 10.2 Å². The number of benzene rings is 6. The molecule has 10 rings (SSSR count). The van der Waals surface area contributed by atoms with E-state index in [1.54, 1.807) is 0 Å². The van der Waals surface area contributed by atoms with E-state index in [4.69, 9.17) is 10.2 Å². The van der Waals surface area contributed by atoms with Gasteiger partial charge in [-0.2, -0.15) is 10.2 Å². The molecule has 10 aromatic rings. The van der Waals surface area contributed by atoms with Crippen LogP contribution in [0.25, 0.3) is 43.6 Å². The van der Waals surface area contributed by atoms with Crippen LogP contribution in [-0.2, 0) is 13.1 Å². The van der Waals surface area contributed by atoms with Crippen LogP contribution in [0.1, 0.15) is 62.5 Å². The van der Waals surface area contributed by atoms with E-state index in [-0.39, 0.29) is 0 Å². The van der Waals surface area contributed by atoms with E-state index in [0.29, 0.717) is 0 Å². The van der Waals surface area contributed by atoms with E-state index >= 15 is 0 Å². The average Bonchev–Trinajstić information content (AvgIpc) is 4.18. The summed E-state index contributed by atoms with van der Waals surface area (Å²) in [5, 5.41) is 18.9. The molecule has 0 aliphatic carbocycles. The molecule has 0 unspecified atom stereocenters. The summed E-state index contributed by atoms with van der Waals surface area (Å²) in [6.07, 6.45) is 17.8. The number of hydrogen-bond acceptors (Lipinski definition) is 4. The van der Waals surface area contributed by atoms with Crippen molar-refractivity contribution in [1.29, 1.82) is 0 Å². The Labute approximate surface area is 374 Å². The molecule has 318 valence electrons. The first-order chi connectivity index (χ1) is 31.8. The van der Waals surface area contributed by atoms with Crippen molar-refractivity contribution in [3.8, 4) is 0 Å². The summed E-state index contributed by atoms with van der Waals surface area (Å²) >= 11 is 0. The van der Waals surface area contributed by atoms with Gasteiger partial charge in [-0.25, -0.2) is 10.0 Å². The molecule has 0 saturated heterocycles. The monoisotopic (exact) mass is 838 g/mol. The van der Waals surface area contributed by atoms with Gasteiger partial charge in [-0.15, -0.1) is 0 Å². The molecule has 4 heterocycles. The Balaban J connectivity index is 0.719. The van der Waals surface area contributed by atoms with Gasteiger partial charge < -0.3 is 19.1 Å². The van der Waals surface area contributed by atoms with Crippen molar-refractivity contribution in [1.82, 2.24) is 19.1 Å². The molecule has 0 aliphatic rings. The van der Waals surface area contributed by atoms with Gasteiger partial charge in [-0.3, -0.25) is 0 Å². The molecule has 0 spiro atoms. The number of para-hydroxylation sites is 4. The number of hydrazone groups is 2. The van der Waals surface area contributed by atoms with Gasteiger partial charge in [0.2, 0.25) is 0 Å². The molecular formula is C56H54N8. The number of unbranched alkanes of at least 4 members (excludes halogenated alkanes) is 7. The van der Waals surface area contributed by atoms with Crippen molar-refractivity contribution in [3.63, 3.8) is 0 Å². The van der Waals surface area contributed by atoms with Crippen LogP contribution in [0.15, 0.2) is 192 Å². The molecule has 2 N–H and O–H groups in total. The number of aromatic amines is 2. The largest absolute Gasteiger partial charge is 0.347 e. The van der Waals surface area contributed by atoms with Crippen molar-refractivity contribution >= 4 is 79.1 Å². The summed E-state index contributed by atoms with van der Waals surface area (Å²) in [5.41, 5.74) is 9.36. The van der Waals surface area contributed by atoms with Crippen LogP contribution in [-0.4, -0.2) is 31.5 Å². The van der Waals surface area contributed by atoms with Crippen molar-refractivity contribution < 1.29 is 0 Å². The summed E-state index contributed by atoms with van der Waals surface area (Å²) in [7, 11) is 0. The fourth-order valence-electron chi connectivity index (χ4n) is 9.21. The first-order valence-electron chi connectivity index (χ1n) is 22.9. The number of rotatable bonds is 19. The highest BCUT2D eigenvalue weighted by molar-refractivity contribution is 6.10. The van der Waals surface area contributed by atoms with Crippen molar-refractivity contribution in [3.05, 3.63) is 193 Å². The quantitative estimate of drug-likeness (QED) is 0.0484. The lowest BCUT2D eigenvalue weighted by molar-refractivity contribution is 0.536. The van der Waals surface area contributed by atoms with Gasteiger partial charge >= 0.3 is 0 Å². The average molecular weight is 839 g/mol. The second-order valence-electron chi connectivity index (χ2n) is 16.6. The van der Waals surface area contributed by atoms with Crippen LogP contribution in [0.2, 0.25) is 0 Å². The van der Waals surface area contributed by atoms with Gasteiger partial charge in [0.25, 0.3) is 0 Å². The zero-order valence-corrected chi connectivity index (χ0v) is 36.2. The maximum Gasteiger partial charge on any atom is 0.132 e. The Morgan fingerprint density at radius 2 is 0.766 bits per heavy atom. The summed E-state index contributed by atoms with van der Waals surface area (Å²) in [6, 6.07) is 59.8. The van der Waals surface area contributed by atoms with E-state index in [0.717, 1.165) is 47.2 Å². The number of anilines is 4. The number of nitrogens with zero attached hydrogens (tertiary/aromatic N) is 6. The Morgan fingerprint density at radius 3 is 1.19 bits per heavy atom. The first-order valence-corrected chi connectivity index (χ1v) is 22.9. The number of hydrogen-bond donors (Lipinski definition) is 2. The molecule has 64 heavy (non-hydrogen) atoms. The van der Waals surface area contributed by atoms with Crippen LogP contribution < -0.4 is 10.0 Å². The molecule has 0 aliphatic heterocycles. The highest BCUT2D eigenvalue weighted by Crippen LogP contribution is 2.33. The predicted molar refractivity (Wildman–Crippen MR) is 270 cm³/mol. The Morgan fingerprint density at radius 1 is 0.375 bits per heavy atom. The zero-order valence-electron chi connectivity index (χ0n) is 36.2. The number of aromatic nitrogens is 4. The van der Waals surface area contributed by atoms with Crippen molar-refractivity contribution in [2.45, 2.75) is 64.5 Å². The van der Waals surface area contributed by atoms with E-state index < -0.39 is 0 Å². The van der Waals surface area contributed by atoms with Crippen LogP contribution in [0.4, 0.5) is 23.0 Å². The minimum atomic E-state index is 0.925. The van der Waals surface area contributed by atoms with E-state index in [1.807, 2.05) is 95.5 Å². The summed E-state index contributed by atoms with van der Waals surface area (Å²) in [6.45, 7) is 2.05. The molecule has 0 fully saturated rings. The smallest absolute Gasteiger partial charge is 0.132 e. The Bertz CT molecular complexity index is 2910. The van der Waals surface area contributed by atoms with Crippen molar-refractivity contribution in [2.75, 3.05) is 10.0 Å². The predicted octanol–water partition coefficient (Wildman–Crippen LogP) is 14.7. The van der Waals surface area contributed by atoms with Crippen LogP contribution in [0, 0.1) is 0 Å². The third-order valence-electron chi connectivity index (χ3n) is 12.4. The first kappa shape index (κ1) is 40.5. The molecule has 0 atom stereocenters. The highest BCUT2D eigenvalue weighted by Gasteiger charge is 2.14. The molecule has 8 heteroatoms. The lowest BCUT2D eigenvalue weighted by Crippen LogP contribution is -2.09. The summed E-state index contributed by atoms with van der Waals surface area (Å²) in [5.74, 6) is 1.85. The zero-order chi connectivity index (χ0) is 42.9. The fourth-order valence-corrected chi connectivity index (χ4v) is 9.21. The van der Waals surface area contributed by atoms with Crippen LogP contribution >= 0.6 is 0 Å². The van der Waals surface area contributed by atoms with E-state index in [1.165, 1.54) is 95.0 Å². The van der Waals surface area contributed by atoms with E-state index in [2.05, 4.69) is 128 Å². The van der Waals surface area contributed by atoms with E-state index in [9.17, 15) is 0 Å². The number of fused-ring (bicyclic) bond motifs is 6. The summed E-state index contributed by atoms with van der Waals surface area (Å²) < 4.78 is 5.04. The van der Waals surface area contributed by atoms with Gasteiger partial charge in [0.1, 0.15) is 11.6 Å². The summed E-state index contributed by atoms with van der Waals surface area (Å²) in [4.78, 5) is 6.60. The van der Waals surface area contributed by atoms with Gasteiger partial charge in [0.05, 0.1) is 23.8 Å². The van der Waals surface area contributed by atoms with Gasteiger partial charge in [-0.05, 0) is 109 Å². The lowest BCUT2D eigenvalue weighted by Gasteiger charge is -2.17. The molecular weight excluding hydrogens is 785 g/mol. The molecule has 0 bridgehead atoms. The van der Waals surface area contributed by atoms with Gasteiger partial charge in [-0.1, -0.05) is 123 Å². The maximum absolute atomic E-state index is 4.92. The molecule has 6 aromatic carbocycles. The molecule has 8 nitrogen and oxygen atoms in total. The third-order valence-corrected chi connectivity index (χ3v) is 12.4. The second kappa shape index (κ2) is 19.2. The van der Waals surface area contributed by atoms with Crippen LogP contribution in [0.3, 0.4) is 0 Å². The topological polar surface area (TPSA) is 72.6 Å². The van der Waals surface area contributed by atoms with Gasteiger partial charge in [0.15, 0.2) is 0 Å². The Hall–Kier alpha value is -7.58. The highest BCUT2D eigenvalue weighted by atomic mass is 15.5. The normalized spacial score (nSPS) is 11.9. The third kappa shape index (κ3) is 8.72. The number of nitrogens with one attached hydrogen (secondary N) is 2. The minimum Gasteiger partial charge on any atom is -0.347 e. The van der Waals surface area contributed by atoms with Crippen LogP contribution in [0.5, 0.6) is 0 Å². The maximum atomic E-state index is 4.92. The fraction of sp³-hybridized carbons (Fsp3) is 0.179. The minimum absolute atomic E-state index is 0.925. The Kier molecular flexibility index (Phi) is 12.2. The second-order valence-corrected chi connectivity index (χ2v) is 16.6. The molecule has 0 radical (unpaired) electrons. The standard InChI is InChI=1S/C56H54N8/c1(3-5-17-37-61-51-27-15-13-25-47(51)49-39-43(31-33-53(49)61)41-59-63(55-29-19-35-57-55)45-21-9-7-10-22-45)2-4-6-18-38-62-52-28-16-14-26-48(52)50-40-44(32-34-54(50)62)42-60-64(56-30-20-36-58-56)46-23-11-8-12-24-46/h7-16,19-36,39-42,57-58H,1-6,17-18,37-38H2/b59-41+,60-42+. The number of aryl methyl sites for hydroxylation is 2. The van der Waals surface area contributed by atoms with Gasteiger partial charge in [0, 0.05) is 69.1 Å². The molecule has 0 amide bonds.